The second-order valence-electron chi connectivity index (χ2n) is 11.2. The third-order valence-corrected chi connectivity index (χ3v) is 8.99. The summed E-state index contributed by atoms with van der Waals surface area (Å²) in [5.41, 5.74) is 11.4. The molecule has 1 saturated heterocycles. The molecule has 47 heavy (non-hydrogen) atoms. The van der Waals surface area contributed by atoms with Gasteiger partial charge in [-0.15, -0.1) is 0 Å². The summed E-state index contributed by atoms with van der Waals surface area (Å²) in [7, 11) is 2.14. The Morgan fingerprint density at radius 1 is 0.787 bits per heavy atom. The zero-order valence-electron chi connectivity index (χ0n) is 26.3. The molecule has 0 aromatic rings. The molecule has 21 heteroatoms. The zero-order chi connectivity index (χ0) is 36.0. The number of nitrogens with one attached hydrogen (secondary N) is 6. The Balaban J connectivity index is 3.48. The number of amides is 7. The Hall–Kier alpha value is -3.66. The average Bonchev–Trinajstić information content (AvgIpc) is 2.97. The van der Waals surface area contributed by atoms with Gasteiger partial charge in [0.15, 0.2) is 0 Å². The minimum atomic E-state index is -1.86. The van der Waals surface area contributed by atoms with Crippen molar-refractivity contribution in [3.8, 4) is 0 Å². The number of hydrogen-bond acceptors (Lipinski definition) is 13. The Kier molecular flexibility index (Phi) is 17.5. The van der Waals surface area contributed by atoms with Crippen LogP contribution in [-0.2, 0) is 38.4 Å². The fraction of sp³-hybridized carbons (Fsp3) is 0.692. The highest BCUT2D eigenvalue weighted by Crippen LogP contribution is 2.23. The first kappa shape index (κ1) is 41.4. The van der Waals surface area contributed by atoms with E-state index in [2.05, 4.69) is 31.9 Å². The van der Waals surface area contributed by atoms with Gasteiger partial charge in [0.25, 0.3) is 0 Å². The minimum Gasteiger partial charge on any atom is -0.481 e. The zero-order valence-corrected chi connectivity index (χ0v) is 27.9. The van der Waals surface area contributed by atoms with Crippen LogP contribution in [-0.4, -0.2) is 129 Å². The number of carbonyl (C=O) groups is 8. The van der Waals surface area contributed by atoms with E-state index >= 15 is 0 Å². The summed E-state index contributed by atoms with van der Waals surface area (Å²) in [6.45, 7) is 4.91. The van der Waals surface area contributed by atoms with Crippen LogP contribution in [0.2, 0.25) is 0 Å². The first-order valence-corrected chi connectivity index (χ1v) is 17.0. The summed E-state index contributed by atoms with van der Waals surface area (Å²) in [5.74, 6) is -8.60. The number of nitrogens with two attached hydrogens (primary N) is 2. The highest BCUT2D eigenvalue weighted by atomic mass is 33.1. The molecule has 13 N–H and O–H groups in total. The Morgan fingerprint density at radius 3 is 1.85 bits per heavy atom. The van der Waals surface area contributed by atoms with Gasteiger partial charge in [0, 0.05) is 11.5 Å². The van der Waals surface area contributed by atoms with E-state index in [0.717, 1.165) is 28.5 Å². The minimum absolute atomic E-state index is 0.00466. The predicted octanol–water partition coefficient (Wildman–Crippen LogP) is -4.98. The highest BCUT2D eigenvalue weighted by molar-refractivity contribution is 8.76. The van der Waals surface area contributed by atoms with Gasteiger partial charge >= 0.3 is 5.97 Å². The van der Waals surface area contributed by atoms with Crippen molar-refractivity contribution in [2.24, 2.45) is 17.4 Å². The second-order valence-corrected chi connectivity index (χ2v) is 13.7. The number of aliphatic hydroxyl groups excluding tert-OH is 2. The van der Waals surface area contributed by atoms with Crippen LogP contribution in [0.1, 0.15) is 40.5 Å². The molecule has 1 aliphatic rings. The maximum atomic E-state index is 13.3. The van der Waals surface area contributed by atoms with Gasteiger partial charge in [-0.05, 0) is 26.2 Å². The molecule has 266 valence electrons. The molecule has 1 aliphatic heterocycles. The van der Waals surface area contributed by atoms with Crippen LogP contribution in [0.15, 0.2) is 0 Å². The molecule has 0 unspecified atom stereocenters. The van der Waals surface area contributed by atoms with Crippen LogP contribution in [0, 0.1) is 5.92 Å². The molecular weight excluding hydrogens is 664 g/mol. The maximum absolute atomic E-state index is 13.3. The number of aliphatic carboxylic acids is 1. The molecular formula is C26H44N8O11S2. The van der Waals surface area contributed by atoms with Gasteiger partial charge in [-0.1, -0.05) is 35.4 Å². The van der Waals surface area contributed by atoms with Crippen LogP contribution in [0.5, 0.6) is 0 Å². The number of rotatable bonds is 7. The normalized spacial score (nSPS) is 28.9. The van der Waals surface area contributed by atoms with Crippen molar-refractivity contribution in [2.45, 2.75) is 88.9 Å². The van der Waals surface area contributed by atoms with Gasteiger partial charge < -0.3 is 58.7 Å². The number of primary amides is 1. The van der Waals surface area contributed by atoms with Crippen LogP contribution in [0.25, 0.3) is 0 Å². The lowest BCUT2D eigenvalue weighted by molar-refractivity contribution is -0.142. The van der Waals surface area contributed by atoms with Crippen molar-refractivity contribution in [3.63, 3.8) is 0 Å². The summed E-state index contributed by atoms with van der Waals surface area (Å²) in [4.78, 5) is 101. The van der Waals surface area contributed by atoms with E-state index in [0.29, 0.717) is 0 Å². The average molecular weight is 709 g/mol. The molecule has 0 aromatic heterocycles. The van der Waals surface area contributed by atoms with Crippen molar-refractivity contribution in [1.29, 1.82) is 0 Å². The molecule has 0 bridgehead atoms. The molecule has 7 amide bonds. The van der Waals surface area contributed by atoms with Gasteiger partial charge in [0.05, 0.1) is 25.2 Å². The van der Waals surface area contributed by atoms with E-state index in [1.807, 2.05) is 0 Å². The number of aliphatic hydroxyl groups is 2. The van der Waals surface area contributed by atoms with Crippen LogP contribution < -0.4 is 43.4 Å². The Labute approximate surface area is 278 Å². The third kappa shape index (κ3) is 14.3. The topological polar surface area (TPSA) is 321 Å². The molecule has 1 heterocycles. The van der Waals surface area contributed by atoms with Crippen molar-refractivity contribution in [3.05, 3.63) is 0 Å². The van der Waals surface area contributed by atoms with Crippen LogP contribution >= 0.6 is 21.6 Å². The van der Waals surface area contributed by atoms with E-state index < -0.39 is 109 Å². The van der Waals surface area contributed by atoms with Crippen molar-refractivity contribution >= 4 is 68.9 Å². The van der Waals surface area contributed by atoms with Crippen molar-refractivity contribution in [1.82, 2.24) is 31.9 Å². The lowest BCUT2D eigenvalue weighted by Crippen LogP contribution is -2.62. The molecule has 0 aliphatic carbocycles. The fourth-order valence-electron chi connectivity index (χ4n) is 3.94. The highest BCUT2D eigenvalue weighted by Gasteiger charge is 2.35. The molecule has 0 radical (unpaired) electrons. The molecule has 8 atom stereocenters. The Morgan fingerprint density at radius 2 is 1.32 bits per heavy atom. The summed E-state index contributed by atoms with van der Waals surface area (Å²) < 4.78 is 0. The third-order valence-electron chi connectivity index (χ3n) is 6.54. The number of carbonyl (C=O) groups excluding carboxylic acids is 7. The SMILES string of the molecule is CC(C)C[C@H]1NC(=O)[C@H]([C@@H](C)O)NC(=O)[C@@H](CC(=O)O)NC(=O)[C@H](CO)NC(=O)[C@@H](C)NC(=O)[C@H](N)CSSC[C@H](C(N)=O)NC1=O. The van der Waals surface area contributed by atoms with Gasteiger partial charge in [0.2, 0.25) is 41.4 Å². The largest absolute Gasteiger partial charge is 0.481 e. The predicted molar refractivity (Wildman–Crippen MR) is 170 cm³/mol. The van der Waals surface area contributed by atoms with Gasteiger partial charge in [-0.25, -0.2) is 0 Å². The summed E-state index contributed by atoms with van der Waals surface area (Å²) in [6.07, 6.45) is -2.54. The molecule has 1 fully saturated rings. The Bertz CT molecular complexity index is 1180. The van der Waals surface area contributed by atoms with Crippen molar-refractivity contribution < 1.29 is 53.7 Å². The lowest BCUT2D eigenvalue weighted by atomic mass is 10.0. The summed E-state index contributed by atoms with van der Waals surface area (Å²) in [5, 5.41) is 43.1. The van der Waals surface area contributed by atoms with Gasteiger partial charge in [-0.2, -0.15) is 0 Å². The van der Waals surface area contributed by atoms with Crippen LogP contribution in [0.4, 0.5) is 0 Å². The molecule has 0 saturated carbocycles. The van der Waals surface area contributed by atoms with E-state index in [1.54, 1.807) is 13.8 Å². The standard InChI is InChI=1S/C26H44N8O11S2/c1-10(2)5-14-23(42)33-17(20(28)39)9-47-46-8-13(27)22(41)29-11(3)21(40)32-16(7-35)25(44)30-15(6-18(37)38)24(43)34-19(12(4)36)26(45)31-14/h10-17,19,35-36H,5-9,27H2,1-4H3,(H2,28,39)(H,29,41)(H,30,44)(H,31,45)(H,32,40)(H,33,42)(H,34,43)(H,37,38)/t11-,12-,13-,14-,15-,16+,17-,19+/m1/s1. The summed E-state index contributed by atoms with van der Waals surface area (Å²) in [6, 6.07) is -10.2. The van der Waals surface area contributed by atoms with E-state index in [4.69, 9.17) is 11.5 Å². The lowest BCUT2D eigenvalue weighted by Gasteiger charge is -2.28. The number of carboxylic acids is 1. The van der Waals surface area contributed by atoms with Crippen LogP contribution in [0.3, 0.4) is 0 Å². The van der Waals surface area contributed by atoms with E-state index in [9.17, 15) is 53.7 Å². The van der Waals surface area contributed by atoms with E-state index in [-0.39, 0.29) is 23.8 Å². The van der Waals surface area contributed by atoms with E-state index in [1.165, 1.54) is 6.92 Å². The summed E-state index contributed by atoms with van der Waals surface area (Å²) >= 11 is 0. The first-order valence-electron chi connectivity index (χ1n) is 14.5. The molecule has 0 spiro atoms. The fourth-order valence-corrected chi connectivity index (χ4v) is 6.24. The monoisotopic (exact) mass is 708 g/mol. The first-order chi connectivity index (χ1) is 21.9. The molecule has 1 rings (SSSR count). The number of hydrogen-bond donors (Lipinski definition) is 11. The number of carboxylic acid groups (broad SMARTS) is 1. The smallest absolute Gasteiger partial charge is 0.305 e. The van der Waals surface area contributed by atoms with Gasteiger partial charge in [0.1, 0.15) is 36.3 Å². The molecule has 19 nitrogen and oxygen atoms in total. The quantitative estimate of drug-likeness (QED) is 0.110. The maximum Gasteiger partial charge on any atom is 0.305 e. The van der Waals surface area contributed by atoms with Crippen molar-refractivity contribution in [2.75, 3.05) is 18.1 Å². The molecule has 0 aromatic carbocycles. The van der Waals surface area contributed by atoms with Gasteiger partial charge in [-0.3, -0.25) is 38.4 Å². The second kappa shape index (κ2) is 19.9.